The summed E-state index contributed by atoms with van der Waals surface area (Å²) in [5.74, 6) is -0.207. The fraction of sp³-hybridized carbons (Fsp3) is 0.625. The van der Waals surface area contributed by atoms with Gasteiger partial charge in [0, 0.05) is 6.54 Å². The van der Waals surface area contributed by atoms with Crippen molar-refractivity contribution in [3.63, 3.8) is 0 Å². The van der Waals surface area contributed by atoms with Crippen LogP contribution in [0.3, 0.4) is 0 Å². The zero-order chi connectivity index (χ0) is 8.10. The van der Waals surface area contributed by atoms with Crippen molar-refractivity contribution in [1.82, 2.24) is 5.32 Å². The van der Waals surface area contributed by atoms with E-state index in [0.717, 1.165) is 19.5 Å². The summed E-state index contributed by atoms with van der Waals surface area (Å²) in [6.07, 6.45) is 5.01. The van der Waals surface area contributed by atoms with Gasteiger partial charge in [-0.05, 0) is 18.9 Å². The first-order valence-corrected chi connectivity index (χ1v) is 3.88. The minimum atomic E-state index is -0.757. The van der Waals surface area contributed by atoms with Gasteiger partial charge in [0.2, 0.25) is 0 Å². The molecule has 0 aromatic carbocycles. The lowest BCUT2D eigenvalue weighted by atomic mass is 10.1. The number of carboxylic acid groups (broad SMARTS) is 1. The second-order valence-corrected chi connectivity index (χ2v) is 2.78. The van der Waals surface area contributed by atoms with Gasteiger partial charge in [0.15, 0.2) is 0 Å². The van der Waals surface area contributed by atoms with Crippen molar-refractivity contribution in [2.45, 2.75) is 12.8 Å². The lowest BCUT2D eigenvalue weighted by molar-refractivity contribution is -0.136. The Labute approximate surface area is 78.3 Å². The Morgan fingerprint density at radius 3 is 2.92 bits per heavy atom. The SMILES string of the molecule is Cl.O=C(O)C/C=C/C1CCNC1. The topological polar surface area (TPSA) is 49.3 Å². The zero-order valence-electron chi connectivity index (χ0n) is 6.82. The predicted octanol–water partition coefficient (Wildman–Crippen LogP) is 1.05. The average molecular weight is 192 g/mol. The molecule has 4 heteroatoms. The van der Waals surface area contributed by atoms with E-state index in [1.54, 1.807) is 6.08 Å². The Hall–Kier alpha value is -0.540. The van der Waals surface area contributed by atoms with E-state index in [1.165, 1.54) is 0 Å². The fourth-order valence-electron chi connectivity index (χ4n) is 1.20. The second-order valence-electron chi connectivity index (χ2n) is 2.78. The Morgan fingerprint density at radius 2 is 2.42 bits per heavy atom. The molecule has 0 spiro atoms. The van der Waals surface area contributed by atoms with Gasteiger partial charge in [0.05, 0.1) is 6.42 Å². The molecule has 0 bridgehead atoms. The molecule has 1 unspecified atom stereocenters. The third kappa shape index (κ3) is 4.36. The summed E-state index contributed by atoms with van der Waals surface area (Å²) in [6.45, 7) is 2.05. The van der Waals surface area contributed by atoms with Crippen LogP contribution < -0.4 is 5.32 Å². The molecule has 12 heavy (non-hydrogen) atoms. The molecule has 1 heterocycles. The predicted molar refractivity (Wildman–Crippen MR) is 49.6 cm³/mol. The van der Waals surface area contributed by atoms with Gasteiger partial charge in [0.1, 0.15) is 0 Å². The molecule has 0 amide bonds. The molecule has 0 aliphatic carbocycles. The average Bonchev–Trinajstić information content (AvgIpc) is 2.39. The molecule has 3 nitrogen and oxygen atoms in total. The molecule has 70 valence electrons. The molecule has 0 saturated carbocycles. The standard InChI is InChI=1S/C8H13NO2.ClH/c10-8(11)3-1-2-7-4-5-9-6-7;/h1-2,7,9H,3-6H2,(H,10,11);1H/b2-1+;. The summed E-state index contributed by atoms with van der Waals surface area (Å²) < 4.78 is 0. The number of rotatable bonds is 3. The van der Waals surface area contributed by atoms with Crippen LogP contribution >= 0.6 is 12.4 Å². The monoisotopic (exact) mass is 191 g/mol. The maximum atomic E-state index is 10.1. The van der Waals surface area contributed by atoms with Crippen LogP contribution in [-0.4, -0.2) is 24.2 Å². The Kier molecular flexibility index (Phi) is 5.76. The molecule has 2 N–H and O–H groups in total. The highest BCUT2D eigenvalue weighted by Crippen LogP contribution is 2.08. The number of aliphatic carboxylic acids is 1. The summed E-state index contributed by atoms with van der Waals surface area (Å²) in [4.78, 5) is 10.1. The maximum Gasteiger partial charge on any atom is 0.307 e. The van der Waals surface area contributed by atoms with E-state index in [1.807, 2.05) is 6.08 Å². The molecular weight excluding hydrogens is 178 g/mol. The van der Waals surface area contributed by atoms with Gasteiger partial charge < -0.3 is 10.4 Å². The first kappa shape index (κ1) is 11.5. The molecule has 1 saturated heterocycles. The third-order valence-corrected chi connectivity index (χ3v) is 1.80. The molecule has 1 aliphatic rings. The Bertz CT molecular complexity index is 164. The summed E-state index contributed by atoms with van der Waals surface area (Å²) in [7, 11) is 0. The minimum Gasteiger partial charge on any atom is -0.481 e. The summed E-state index contributed by atoms with van der Waals surface area (Å²) >= 11 is 0. The van der Waals surface area contributed by atoms with Gasteiger partial charge in [0.25, 0.3) is 0 Å². The van der Waals surface area contributed by atoms with Crippen LogP contribution in [0.25, 0.3) is 0 Å². The maximum absolute atomic E-state index is 10.1. The van der Waals surface area contributed by atoms with Gasteiger partial charge in [-0.1, -0.05) is 12.2 Å². The normalized spacial score (nSPS) is 22.5. The van der Waals surface area contributed by atoms with Crippen LogP contribution in [0.5, 0.6) is 0 Å². The Balaban J connectivity index is 0.00000121. The van der Waals surface area contributed by atoms with Crippen LogP contribution in [0.2, 0.25) is 0 Å². The molecular formula is C8H14ClNO2. The lowest BCUT2D eigenvalue weighted by Gasteiger charge is -1.97. The van der Waals surface area contributed by atoms with Crippen molar-refractivity contribution in [3.8, 4) is 0 Å². The first-order valence-electron chi connectivity index (χ1n) is 3.88. The zero-order valence-corrected chi connectivity index (χ0v) is 7.64. The molecule has 1 fully saturated rings. The van der Waals surface area contributed by atoms with Gasteiger partial charge in [-0.2, -0.15) is 0 Å². The van der Waals surface area contributed by atoms with Crippen LogP contribution in [0.1, 0.15) is 12.8 Å². The van der Waals surface area contributed by atoms with Crippen molar-refractivity contribution < 1.29 is 9.90 Å². The van der Waals surface area contributed by atoms with E-state index < -0.39 is 5.97 Å². The summed E-state index contributed by atoms with van der Waals surface area (Å²) in [6, 6.07) is 0. The van der Waals surface area contributed by atoms with Crippen molar-refractivity contribution in [3.05, 3.63) is 12.2 Å². The first-order chi connectivity index (χ1) is 5.29. The molecule has 1 rings (SSSR count). The Morgan fingerprint density at radius 1 is 1.67 bits per heavy atom. The van der Waals surface area contributed by atoms with E-state index in [4.69, 9.17) is 5.11 Å². The number of carbonyl (C=O) groups is 1. The molecule has 0 aromatic heterocycles. The van der Waals surface area contributed by atoms with Crippen LogP contribution in [0, 0.1) is 5.92 Å². The van der Waals surface area contributed by atoms with E-state index in [2.05, 4.69) is 5.32 Å². The quantitative estimate of drug-likeness (QED) is 0.656. The number of hydrogen-bond acceptors (Lipinski definition) is 2. The van der Waals surface area contributed by atoms with Crippen molar-refractivity contribution in [1.29, 1.82) is 0 Å². The molecule has 0 radical (unpaired) electrons. The number of halogens is 1. The van der Waals surface area contributed by atoms with Gasteiger partial charge in [-0.3, -0.25) is 4.79 Å². The van der Waals surface area contributed by atoms with Crippen molar-refractivity contribution >= 4 is 18.4 Å². The highest BCUT2D eigenvalue weighted by Gasteiger charge is 2.09. The number of carboxylic acids is 1. The number of nitrogens with one attached hydrogen (secondary N) is 1. The van der Waals surface area contributed by atoms with E-state index in [9.17, 15) is 4.79 Å². The van der Waals surface area contributed by atoms with Crippen LogP contribution in [0.4, 0.5) is 0 Å². The number of hydrogen-bond donors (Lipinski definition) is 2. The van der Waals surface area contributed by atoms with Gasteiger partial charge >= 0.3 is 5.97 Å². The molecule has 1 atom stereocenters. The van der Waals surface area contributed by atoms with E-state index in [-0.39, 0.29) is 18.8 Å². The van der Waals surface area contributed by atoms with Crippen molar-refractivity contribution in [2.24, 2.45) is 5.92 Å². The highest BCUT2D eigenvalue weighted by molar-refractivity contribution is 5.85. The molecule has 0 aromatic rings. The second kappa shape index (κ2) is 6.03. The molecule has 1 aliphatic heterocycles. The highest BCUT2D eigenvalue weighted by atomic mass is 35.5. The smallest absolute Gasteiger partial charge is 0.307 e. The lowest BCUT2D eigenvalue weighted by Crippen LogP contribution is -2.07. The van der Waals surface area contributed by atoms with E-state index >= 15 is 0 Å². The largest absolute Gasteiger partial charge is 0.481 e. The van der Waals surface area contributed by atoms with Gasteiger partial charge in [-0.25, -0.2) is 0 Å². The fourth-order valence-corrected chi connectivity index (χ4v) is 1.20. The van der Waals surface area contributed by atoms with Crippen molar-refractivity contribution in [2.75, 3.05) is 13.1 Å². The van der Waals surface area contributed by atoms with Crippen LogP contribution in [0.15, 0.2) is 12.2 Å². The third-order valence-electron chi connectivity index (χ3n) is 1.80. The summed E-state index contributed by atoms with van der Waals surface area (Å²) in [5.41, 5.74) is 0. The minimum absolute atomic E-state index is 0. The van der Waals surface area contributed by atoms with Crippen LogP contribution in [-0.2, 0) is 4.79 Å². The summed E-state index contributed by atoms with van der Waals surface area (Å²) in [5, 5.41) is 11.5. The van der Waals surface area contributed by atoms with Gasteiger partial charge in [-0.15, -0.1) is 12.4 Å². The van der Waals surface area contributed by atoms with E-state index in [0.29, 0.717) is 5.92 Å².